The van der Waals surface area contributed by atoms with Crippen molar-refractivity contribution in [1.82, 2.24) is 4.57 Å². The van der Waals surface area contributed by atoms with Gasteiger partial charge in [0.15, 0.2) is 5.43 Å². The number of rotatable bonds is 2. The van der Waals surface area contributed by atoms with Crippen LogP contribution in [-0.2, 0) is 5.75 Å². The molecular weight excluding hydrogens is 242 g/mol. The Kier molecular flexibility index (Phi) is 3.62. The molecule has 2 aromatic rings. The predicted molar refractivity (Wildman–Crippen MR) is 78.9 cm³/mol. The zero-order valence-corrected chi connectivity index (χ0v) is 11.8. The van der Waals surface area contributed by atoms with Gasteiger partial charge in [-0.15, -0.1) is 0 Å². The highest BCUT2D eigenvalue weighted by atomic mass is 32.1. The van der Waals surface area contributed by atoms with Crippen LogP contribution >= 0.6 is 12.6 Å². The van der Waals surface area contributed by atoms with E-state index in [2.05, 4.69) is 44.7 Å². The molecule has 1 heterocycles. The monoisotopic (exact) mass is 259 g/mol. The molecule has 0 aliphatic carbocycles. The highest BCUT2D eigenvalue weighted by Crippen LogP contribution is 2.16. The van der Waals surface area contributed by atoms with Crippen LogP contribution in [0.1, 0.15) is 22.4 Å². The van der Waals surface area contributed by atoms with Crippen LogP contribution in [0.2, 0.25) is 0 Å². The molecule has 0 spiro atoms. The number of pyridine rings is 1. The molecule has 0 aliphatic heterocycles. The first-order valence-electron chi connectivity index (χ1n) is 5.93. The zero-order chi connectivity index (χ0) is 13.3. The van der Waals surface area contributed by atoms with Gasteiger partial charge in [-0.3, -0.25) is 4.79 Å². The number of thiol groups is 1. The molecular formula is C15H17NOS. The summed E-state index contributed by atoms with van der Waals surface area (Å²) in [6, 6.07) is 7.97. The van der Waals surface area contributed by atoms with Gasteiger partial charge in [0, 0.05) is 35.0 Å². The lowest BCUT2D eigenvalue weighted by Crippen LogP contribution is -2.13. The summed E-state index contributed by atoms with van der Waals surface area (Å²) in [5.74, 6) is 0.462. The molecule has 0 radical (unpaired) electrons. The molecule has 0 unspecified atom stereocenters. The fraction of sp³-hybridized carbons (Fsp3) is 0.267. The van der Waals surface area contributed by atoms with Crippen LogP contribution in [0, 0.1) is 20.8 Å². The van der Waals surface area contributed by atoms with Crippen molar-refractivity contribution in [2.45, 2.75) is 26.5 Å². The lowest BCUT2D eigenvalue weighted by molar-refractivity contribution is 0.953. The highest BCUT2D eigenvalue weighted by molar-refractivity contribution is 7.79. The third-order valence-corrected chi connectivity index (χ3v) is 3.60. The Hall–Kier alpha value is -1.48. The fourth-order valence-corrected chi connectivity index (χ4v) is 2.18. The predicted octanol–water partition coefficient (Wildman–Crippen LogP) is 3.19. The van der Waals surface area contributed by atoms with Gasteiger partial charge in [-0.1, -0.05) is 6.07 Å². The van der Waals surface area contributed by atoms with Gasteiger partial charge in [-0.2, -0.15) is 12.6 Å². The summed E-state index contributed by atoms with van der Waals surface area (Å²) in [5, 5.41) is 0. The van der Waals surface area contributed by atoms with Gasteiger partial charge in [-0.05, 0) is 44.0 Å². The van der Waals surface area contributed by atoms with Crippen LogP contribution in [0.25, 0.3) is 5.69 Å². The van der Waals surface area contributed by atoms with E-state index < -0.39 is 0 Å². The molecule has 0 aliphatic rings. The molecule has 0 fully saturated rings. The summed E-state index contributed by atoms with van der Waals surface area (Å²) in [7, 11) is 0. The third kappa shape index (κ3) is 2.36. The van der Waals surface area contributed by atoms with Crippen molar-refractivity contribution in [3.63, 3.8) is 0 Å². The molecule has 0 bridgehead atoms. The lowest BCUT2D eigenvalue weighted by atomic mass is 10.1. The first-order valence-corrected chi connectivity index (χ1v) is 6.57. The molecule has 94 valence electrons. The summed E-state index contributed by atoms with van der Waals surface area (Å²) in [6.45, 7) is 6.13. The van der Waals surface area contributed by atoms with Crippen LogP contribution in [0.3, 0.4) is 0 Å². The third-order valence-electron chi connectivity index (χ3n) is 3.26. The summed E-state index contributed by atoms with van der Waals surface area (Å²) in [5.41, 5.74) is 5.32. The van der Waals surface area contributed by atoms with E-state index >= 15 is 0 Å². The quantitative estimate of drug-likeness (QED) is 0.822. The topological polar surface area (TPSA) is 22.0 Å². The van der Waals surface area contributed by atoms with E-state index in [1.165, 1.54) is 11.1 Å². The Bertz CT molecular complexity index is 643. The summed E-state index contributed by atoms with van der Waals surface area (Å²) in [4.78, 5) is 11.7. The molecule has 1 aromatic heterocycles. The van der Waals surface area contributed by atoms with Gasteiger partial charge in [0.05, 0.1) is 0 Å². The molecule has 0 N–H and O–H groups in total. The van der Waals surface area contributed by atoms with Gasteiger partial charge >= 0.3 is 0 Å². The smallest absolute Gasteiger partial charge is 0.185 e. The molecule has 0 amide bonds. The standard InChI is InChI=1S/C15H17NOS/c1-10-4-5-14(6-11(10)2)16-8-13(9-18)15(17)7-12(16)3/h4-8,18H,9H2,1-3H3. The van der Waals surface area contributed by atoms with Gasteiger partial charge in [0.1, 0.15) is 0 Å². The second-order valence-corrected chi connectivity index (χ2v) is 4.92. The maximum absolute atomic E-state index is 11.7. The van der Waals surface area contributed by atoms with Gasteiger partial charge in [-0.25, -0.2) is 0 Å². The highest BCUT2D eigenvalue weighted by Gasteiger charge is 2.05. The Balaban J connectivity index is 2.63. The normalized spacial score (nSPS) is 10.7. The minimum Gasteiger partial charge on any atom is -0.321 e. The van der Waals surface area contributed by atoms with E-state index in [0.29, 0.717) is 5.75 Å². The van der Waals surface area contributed by atoms with E-state index in [0.717, 1.165) is 16.9 Å². The number of aryl methyl sites for hydroxylation is 3. The average Bonchev–Trinajstić information content (AvgIpc) is 2.33. The van der Waals surface area contributed by atoms with Crippen LogP contribution in [-0.4, -0.2) is 4.57 Å². The van der Waals surface area contributed by atoms with Crippen LogP contribution < -0.4 is 5.43 Å². The first-order chi connectivity index (χ1) is 8.52. The second-order valence-electron chi connectivity index (χ2n) is 4.60. The summed E-state index contributed by atoms with van der Waals surface area (Å²) in [6.07, 6.45) is 1.88. The minimum atomic E-state index is 0.0579. The molecule has 2 nitrogen and oxygen atoms in total. The Morgan fingerprint density at radius 3 is 2.44 bits per heavy atom. The van der Waals surface area contributed by atoms with E-state index in [1.54, 1.807) is 6.07 Å². The van der Waals surface area contributed by atoms with Gasteiger partial charge in [0.25, 0.3) is 0 Å². The van der Waals surface area contributed by atoms with E-state index in [4.69, 9.17) is 0 Å². The number of hydrogen-bond acceptors (Lipinski definition) is 2. The van der Waals surface area contributed by atoms with E-state index in [1.807, 2.05) is 17.7 Å². The largest absolute Gasteiger partial charge is 0.321 e. The first kappa shape index (κ1) is 13.0. The number of nitrogens with zero attached hydrogens (tertiary/aromatic N) is 1. The number of hydrogen-bond donors (Lipinski definition) is 1. The molecule has 3 heteroatoms. The van der Waals surface area contributed by atoms with Crippen molar-refractivity contribution < 1.29 is 0 Å². The SMILES string of the molecule is Cc1ccc(-n2cc(CS)c(=O)cc2C)cc1C. The van der Waals surface area contributed by atoms with Crippen molar-refractivity contribution in [3.8, 4) is 5.69 Å². The Morgan fingerprint density at radius 2 is 1.83 bits per heavy atom. The fourth-order valence-electron chi connectivity index (χ4n) is 1.95. The second kappa shape index (κ2) is 5.02. The molecule has 18 heavy (non-hydrogen) atoms. The van der Waals surface area contributed by atoms with Crippen molar-refractivity contribution in [1.29, 1.82) is 0 Å². The Morgan fingerprint density at radius 1 is 1.11 bits per heavy atom. The summed E-state index contributed by atoms with van der Waals surface area (Å²) < 4.78 is 2.04. The molecule has 2 rings (SSSR count). The lowest BCUT2D eigenvalue weighted by Gasteiger charge is -2.13. The maximum Gasteiger partial charge on any atom is 0.185 e. The average molecular weight is 259 g/mol. The van der Waals surface area contributed by atoms with E-state index in [-0.39, 0.29) is 5.43 Å². The van der Waals surface area contributed by atoms with Crippen molar-refractivity contribution in [2.24, 2.45) is 0 Å². The number of benzene rings is 1. The maximum atomic E-state index is 11.7. The molecule has 1 aromatic carbocycles. The van der Waals surface area contributed by atoms with Crippen LogP contribution in [0.5, 0.6) is 0 Å². The van der Waals surface area contributed by atoms with Crippen LogP contribution in [0.15, 0.2) is 35.3 Å². The van der Waals surface area contributed by atoms with Crippen LogP contribution in [0.4, 0.5) is 0 Å². The molecule has 0 saturated heterocycles. The zero-order valence-electron chi connectivity index (χ0n) is 10.9. The molecule has 0 saturated carbocycles. The van der Waals surface area contributed by atoms with E-state index in [9.17, 15) is 4.79 Å². The van der Waals surface area contributed by atoms with Gasteiger partial charge in [0.2, 0.25) is 0 Å². The Labute approximate surface area is 113 Å². The summed E-state index contributed by atoms with van der Waals surface area (Å²) >= 11 is 4.20. The van der Waals surface area contributed by atoms with Crippen molar-refractivity contribution >= 4 is 12.6 Å². The van der Waals surface area contributed by atoms with Crippen molar-refractivity contribution in [2.75, 3.05) is 0 Å². The minimum absolute atomic E-state index is 0.0579. The number of aromatic nitrogens is 1. The molecule has 0 atom stereocenters. The van der Waals surface area contributed by atoms with Crippen molar-refractivity contribution in [3.05, 3.63) is 63.1 Å². The van der Waals surface area contributed by atoms with Gasteiger partial charge < -0.3 is 4.57 Å².